The number of anilines is 2. The van der Waals surface area contributed by atoms with E-state index in [1.807, 2.05) is 0 Å². The van der Waals surface area contributed by atoms with E-state index < -0.39 is 82.1 Å². The Hall–Kier alpha value is -4.95. The zero-order valence-electron chi connectivity index (χ0n) is 27.8. The maximum atomic E-state index is 14.7. The third kappa shape index (κ3) is 5.16. The van der Waals surface area contributed by atoms with Crippen LogP contribution >= 0.6 is 23.2 Å². The molecule has 16 heteroatoms. The Labute approximate surface area is 309 Å². The number of pyridine rings is 1. The summed E-state index contributed by atoms with van der Waals surface area (Å²) in [7, 11) is 1.22. The summed E-state index contributed by atoms with van der Waals surface area (Å²) >= 11 is 12.3. The summed E-state index contributed by atoms with van der Waals surface area (Å²) in [6.07, 6.45) is -1.29. The van der Waals surface area contributed by atoms with Gasteiger partial charge in [0.15, 0.2) is 5.82 Å². The standard InChI is InChI=1S/C37H28Cl2F4N4O6/c1-36-23(33(50)46(35(36)52)18-3-8-26(40)25(39)13-18)14-22-20(30(36)17-11-16-12-19(48)4-9-27(16)53-15-17)5-6-21-29(22)34(51)47(32(21)49)45(2)31-24(38)7-10-28(44-31)37(41,42)43/h3-5,7-10,12-13,15,21-23,29-30,48H,6,11,14H2,1-2H3/t21-,22+,23-,29-,30-,36+/m0/s1. The van der Waals surface area contributed by atoms with Crippen molar-refractivity contribution in [1.82, 2.24) is 9.99 Å². The van der Waals surface area contributed by atoms with Gasteiger partial charge in [-0.15, -0.1) is 0 Å². The molecule has 0 bridgehead atoms. The van der Waals surface area contributed by atoms with Gasteiger partial charge in [0.2, 0.25) is 11.8 Å². The van der Waals surface area contributed by atoms with E-state index in [9.17, 15) is 41.8 Å². The Kier molecular flexibility index (Phi) is 7.97. The number of hydrazine groups is 1. The van der Waals surface area contributed by atoms with E-state index in [1.165, 1.54) is 37.6 Å². The summed E-state index contributed by atoms with van der Waals surface area (Å²) in [6.45, 7) is 1.67. The number of phenolic OH excluding ortho intramolecular Hbond substituents is 1. The lowest BCUT2D eigenvalue weighted by atomic mass is 9.51. The minimum atomic E-state index is -4.83. The monoisotopic (exact) mass is 770 g/mol. The van der Waals surface area contributed by atoms with Gasteiger partial charge in [0, 0.05) is 24.9 Å². The molecule has 3 aliphatic heterocycles. The van der Waals surface area contributed by atoms with Crippen LogP contribution in [0.1, 0.15) is 31.0 Å². The van der Waals surface area contributed by atoms with E-state index in [2.05, 4.69) is 4.98 Å². The molecular weight excluding hydrogens is 743 g/mol. The lowest BCUT2D eigenvalue weighted by Crippen LogP contribution is -2.51. The number of alkyl halides is 3. The molecule has 3 fully saturated rings. The minimum absolute atomic E-state index is 0.0138. The lowest BCUT2D eigenvalue weighted by Gasteiger charge is -2.49. The van der Waals surface area contributed by atoms with Crippen molar-refractivity contribution in [3.63, 3.8) is 0 Å². The quantitative estimate of drug-likeness (QED) is 0.173. The second-order valence-corrected chi connectivity index (χ2v) is 14.9. The van der Waals surface area contributed by atoms with Gasteiger partial charge < -0.3 is 9.84 Å². The second kappa shape index (κ2) is 12.0. The first-order valence-electron chi connectivity index (χ1n) is 16.6. The maximum absolute atomic E-state index is 14.7. The number of carbonyl (C=O) groups excluding carboxylic acids is 4. The summed E-state index contributed by atoms with van der Waals surface area (Å²) in [5.74, 6) is -7.97. The van der Waals surface area contributed by atoms with E-state index in [0.29, 0.717) is 28.5 Å². The third-order valence-corrected chi connectivity index (χ3v) is 11.9. The minimum Gasteiger partial charge on any atom is -0.508 e. The number of aromatic nitrogens is 1. The number of hydrogen-bond acceptors (Lipinski definition) is 8. The number of hydrogen-bond donors (Lipinski definition) is 1. The maximum Gasteiger partial charge on any atom is 0.433 e. The Bertz CT molecular complexity index is 2230. The van der Waals surface area contributed by atoms with Gasteiger partial charge >= 0.3 is 6.18 Å². The van der Waals surface area contributed by atoms with Crippen molar-refractivity contribution < 1.29 is 46.6 Å². The molecule has 0 unspecified atom stereocenters. The molecule has 2 aromatic carbocycles. The number of phenols is 1. The summed E-state index contributed by atoms with van der Waals surface area (Å²) in [5.41, 5.74) is -0.837. The number of ether oxygens (including phenoxy) is 1. The number of nitrogens with zero attached hydrogens (tertiary/aromatic N) is 4. The molecule has 2 saturated heterocycles. The third-order valence-electron chi connectivity index (χ3n) is 11.3. The molecule has 2 aliphatic carbocycles. The van der Waals surface area contributed by atoms with Gasteiger partial charge in [-0.3, -0.25) is 24.2 Å². The largest absolute Gasteiger partial charge is 0.508 e. The highest BCUT2D eigenvalue weighted by molar-refractivity contribution is 6.33. The van der Waals surface area contributed by atoms with Crippen LogP contribution in [0.3, 0.4) is 0 Å². The fourth-order valence-corrected chi connectivity index (χ4v) is 9.31. The van der Waals surface area contributed by atoms with E-state index >= 15 is 0 Å². The molecular formula is C37H28Cl2F4N4O6. The highest BCUT2D eigenvalue weighted by atomic mass is 35.5. The van der Waals surface area contributed by atoms with Crippen LogP contribution in [-0.4, -0.2) is 45.8 Å². The van der Waals surface area contributed by atoms with Crippen molar-refractivity contribution in [2.45, 2.75) is 32.4 Å². The van der Waals surface area contributed by atoms with Crippen LogP contribution < -0.4 is 14.6 Å². The Morgan fingerprint density at radius 2 is 1.74 bits per heavy atom. The van der Waals surface area contributed by atoms with Crippen LogP contribution in [0.25, 0.3) is 0 Å². The molecule has 53 heavy (non-hydrogen) atoms. The molecule has 1 N–H and O–H groups in total. The molecule has 8 rings (SSSR count). The Morgan fingerprint density at radius 3 is 2.45 bits per heavy atom. The van der Waals surface area contributed by atoms with Gasteiger partial charge in [-0.2, -0.15) is 18.2 Å². The van der Waals surface area contributed by atoms with Crippen molar-refractivity contribution in [3.8, 4) is 11.5 Å². The van der Waals surface area contributed by atoms with Crippen LogP contribution in [-0.2, 0) is 31.8 Å². The smallest absolute Gasteiger partial charge is 0.433 e. The summed E-state index contributed by atoms with van der Waals surface area (Å²) in [6, 6.07) is 9.77. The molecule has 3 aromatic rings. The van der Waals surface area contributed by atoms with Crippen molar-refractivity contribution in [2.24, 2.45) is 35.0 Å². The van der Waals surface area contributed by atoms with Crippen molar-refractivity contribution >= 4 is 58.3 Å². The highest BCUT2D eigenvalue weighted by Crippen LogP contribution is 2.63. The number of halogens is 6. The van der Waals surface area contributed by atoms with Crippen LogP contribution in [0.2, 0.25) is 10.0 Å². The first-order chi connectivity index (χ1) is 25.0. The zero-order chi connectivity index (χ0) is 37.9. The molecule has 0 spiro atoms. The predicted octanol–water partition coefficient (Wildman–Crippen LogP) is 6.89. The number of benzene rings is 2. The van der Waals surface area contributed by atoms with Gasteiger partial charge in [0.1, 0.15) is 23.0 Å². The molecule has 5 aliphatic rings. The number of imide groups is 2. The highest BCUT2D eigenvalue weighted by Gasteiger charge is 2.68. The van der Waals surface area contributed by atoms with Crippen LogP contribution in [0.4, 0.5) is 29.1 Å². The molecule has 274 valence electrons. The number of aromatic hydroxyl groups is 1. The number of rotatable bonds is 4. The topological polar surface area (TPSA) is 120 Å². The first-order valence-corrected chi connectivity index (χ1v) is 17.3. The van der Waals surface area contributed by atoms with Gasteiger partial charge in [0.05, 0.1) is 45.2 Å². The van der Waals surface area contributed by atoms with Crippen molar-refractivity contribution in [1.29, 1.82) is 0 Å². The van der Waals surface area contributed by atoms with Crippen LogP contribution in [0.5, 0.6) is 11.5 Å². The molecule has 0 radical (unpaired) electrons. The summed E-state index contributed by atoms with van der Waals surface area (Å²) in [5, 5.41) is 11.4. The number of allylic oxidation sites excluding steroid dienone is 3. The average Bonchev–Trinajstić information content (AvgIpc) is 3.47. The van der Waals surface area contributed by atoms with Gasteiger partial charge in [-0.05, 0) is 79.8 Å². The normalized spacial score (nSPS) is 27.8. The SMILES string of the molecule is CN(c1nc(C(F)(F)F)ccc1Cl)N1C(=O)[C@H]2[C@H](CC=C3[C@H](C4=COc5ccc(O)cc5C4)[C@]4(C)C(=O)N(c5ccc(F)c(Cl)c5)C(=O)[C@@H]4C[C@H]32)C1=O. The van der Waals surface area contributed by atoms with Gasteiger partial charge in [-0.1, -0.05) is 34.9 Å². The summed E-state index contributed by atoms with van der Waals surface area (Å²) in [4.78, 5) is 62.1. The van der Waals surface area contributed by atoms with E-state index in [0.717, 1.165) is 27.1 Å². The van der Waals surface area contributed by atoms with Crippen molar-refractivity contribution in [2.75, 3.05) is 17.0 Å². The fourth-order valence-electron chi connectivity index (χ4n) is 8.91. The van der Waals surface area contributed by atoms with Crippen LogP contribution in [0, 0.1) is 40.8 Å². The molecule has 4 heterocycles. The van der Waals surface area contributed by atoms with Gasteiger partial charge in [0.25, 0.3) is 11.8 Å². The first kappa shape index (κ1) is 35.1. The number of carbonyl (C=O) groups is 4. The van der Waals surface area contributed by atoms with Gasteiger partial charge in [-0.25, -0.2) is 14.3 Å². The molecule has 4 amide bonds. The fraction of sp³-hybridized carbons (Fsp3) is 0.324. The summed E-state index contributed by atoms with van der Waals surface area (Å²) < 4.78 is 61.0. The Balaban J connectivity index is 1.22. The van der Waals surface area contributed by atoms with Crippen LogP contribution in [0.15, 0.2) is 72.0 Å². The van der Waals surface area contributed by atoms with Crippen molar-refractivity contribution in [3.05, 3.63) is 99.1 Å². The molecule has 1 aromatic heterocycles. The molecule has 1 saturated carbocycles. The molecule has 10 nitrogen and oxygen atoms in total. The van der Waals surface area contributed by atoms with E-state index in [-0.39, 0.29) is 40.7 Å². The average molecular weight is 772 g/mol. The zero-order valence-corrected chi connectivity index (χ0v) is 29.3. The number of fused-ring (bicyclic) bond motifs is 5. The second-order valence-electron chi connectivity index (χ2n) is 14.1. The predicted molar refractivity (Wildman–Crippen MR) is 182 cm³/mol. The molecule has 6 atom stereocenters. The lowest BCUT2D eigenvalue weighted by molar-refractivity contribution is -0.141. The van der Waals surface area contributed by atoms with E-state index in [4.69, 9.17) is 27.9 Å². The van der Waals surface area contributed by atoms with E-state index in [1.54, 1.807) is 19.1 Å². The Morgan fingerprint density at radius 1 is 0.981 bits per heavy atom. The number of amides is 4.